The zero-order valence-electron chi connectivity index (χ0n) is 21.8. The Labute approximate surface area is 225 Å². The summed E-state index contributed by atoms with van der Waals surface area (Å²) in [6.45, 7) is 5.80. The van der Waals surface area contributed by atoms with Crippen LogP contribution in [0.15, 0.2) is 54.9 Å². The van der Waals surface area contributed by atoms with Crippen LogP contribution in [0.1, 0.15) is 18.3 Å². The molecule has 0 bridgehead atoms. The molecule has 0 atom stereocenters. The van der Waals surface area contributed by atoms with Gasteiger partial charge in [-0.3, -0.25) is 9.69 Å². The zero-order valence-corrected chi connectivity index (χ0v) is 21.8. The van der Waals surface area contributed by atoms with E-state index in [2.05, 4.69) is 43.8 Å². The molecule has 6 rings (SSSR count). The van der Waals surface area contributed by atoms with E-state index < -0.39 is 0 Å². The standard InChI is InChI=1S/C29H29N9O/c1-20(39)37-15-13-36(14-16-37)11-5-6-12-38-29-26(28(30)31-19-32-29)27(35-38)22-9-10-23-24(18-22)34-25(33-23)17-21-7-3-2-4-8-21/h2-4,7-10,18-19H,11-17H2,1H3,(H,33,34)(H2,30,31,32). The van der Waals surface area contributed by atoms with Gasteiger partial charge in [0.05, 0.1) is 23.0 Å². The summed E-state index contributed by atoms with van der Waals surface area (Å²) in [6.07, 6.45) is 2.18. The number of carbonyl (C=O) groups is 1. The maximum absolute atomic E-state index is 11.5. The van der Waals surface area contributed by atoms with Gasteiger partial charge in [-0.15, -0.1) is 0 Å². The Balaban J connectivity index is 1.23. The van der Waals surface area contributed by atoms with E-state index in [9.17, 15) is 4.79 Å². The van der Waals surface area contributed by atoms with Crippen molar-refractivity contribution in [1.29, 1.82) is 0 Å². The Morgan fingerprint density at radius 1 is 1.03 bits per heavy atom. The van der Waals surface area contributed by atoms with E-state index in [4.69, 9.17) is 15.8 Å². The average Bonchev–Trinajstić information content (AvgIpc) is 3.53. The van der Waals surface area contributed by atoms with Gasteiger partial charge in [0.15, 0.2) is 5.65 Å². The van der Waals surface area contributed by atoms with Crippen LogP contribution in [0.5, 0.6) is 0 Å². The van der Waals surface area contributed by atoms with Crippen molar-refractivity contribution in [2.24, 2.45) is 0 Å². The van der Waals surface area contributed by atoms with Crippen molar-refractivity contribution in [3.63, 3.8) is 0 Å². The van der Waals surface area contributed by atoms with Crippen molar-refractivity contribution in [2.75, 3.05) is 38.5 Å². The number of rotatable bonds is 5. The van der Waals surface area contributed by atoms with E-state index in [0.717, 1.165) is 55.0 Å². The van der Waals surface area contributed by atoms with Crippen LogP contribution in [0, 0.1) is 11.8 Å². The van der Waals surface area contributed by atoms with Crippen molar-refractivity contribution in [3.05, 3.63) is 66.2 Å². The Kier molecular flexibility index (Phi) is 6.65. The molecule has 0 aliphatic carbocycles. The molecule has 10 heteroatoms. The minimum Gasteiger partial charge on any atom is -0.383 e. The molecule has 5 aromatic rings. The first-order valence-electron chi connectivity index (χ1n) is 13.0. The van der Waals surface area contributed by atoms with Crippen LogP contribution in [0.25, 0.3) is 33.3 Å². The third kappa shape index (κ3) is 5.17. The van der Waals surface area contributed by atoms with Crippen LogP contribution < -0.4 is 5.73 Å². The molecule has 2 aromatic carbocycles. The normalized spacial score (nSPS) is 14.0. The number of carbonyl (C=O) groups excluding carboxylic acids is 1. The zero-order chi connectivity index (χ0) is 26.8. The molecule has 1 fully saturated rings. The number of aromatic amines is 1. The number of imidazole rings is 1. The highest BCUT2D eigenvalue weighted by Gasteiger charge is 2.19. The lowest BCUT2D eigenvalue weighted by Crippen LogP contribution is -2.47. The largest absolute Gasteiger partial charge is 0.383 e. The lowest BCUT2D eigenvalue weighted by atomic mass is 10.1. The summed E-state index contributed by atoms with van der Waals surface area (Å²) in [6, 6.07) is 16.3. The van der Waals surface area contributed by atoms with E-state index in [-0.39, 0.29) is 5.91 Å². The van der Waals surface area contributed by atoms with Gasteiger partial charge in [0, 0.05) is 45.1 Å². The molecule has 0 radical (unpaired) electrons. The van der Waals surface area contributed by atoms with Crippen LogP contribution in [0.4, 0.5) is 5.82 Å². The maximum Gasteiger partial charge on any atom is 0.219 e. The number of aromatic nitrogens is 6. The van der Waals surface area contributed by atoms with E-state index >= 15 is 0 Å². The first kappa shape index (κ1) is 24.6. The van der Waals surface area contributed by atoms with Gasteiger partial charge in [0.2, 0.25) is 5.91 Å². The van der Waals surface area contributed by atoms with E-state index in [1.165, 1.54) is 11.9 Å². The molecule has 0 saturated carbocycles. The molecule has 39 heavy (non-hydrogen) atoms. The predicted molar refractivity (Wildman–Crippen MR) is 151 cm³/mol. The molecule has 196 valence electrons. The minimum atomic E-state index is 0.127. The number of benzene rings is 2. The monoisotopic (exact) mass is 519 g/mol. The molecule has 0 spiro atoms. The fourth-order valence-electron chi connectivity index (χ4n) is 4.94. The van der Waals surface area contributed by atoms with Crippen molar-refractivity contribution in [2.45, 2.75) is 19.9 Å². The fraction of sp³-hybridized carbons (Fsp3) is 0.276. The van der Waals surface area contributed by atoms with Gasteiger partial charge < -0.3 is 15.6 Å². The van der Waals surface area contributed by atoms with Crippen molar-refractivity contribution < 1.29 is 4.79 Å². The van der Waals surface area contributed by atoms with Gasteiger partial charge >= 0.3 is 0 Å². The van der Waals surface area contributed by atoms with Crippen molar-refractivity contribution >= 4 is 33.8 Å². The number of piperazine rings is 1. The number of hydrogen-bond donors (Lipinski definition) is 2. The van der Waals surface area contributed by atoms with Crippen LogP contribution >= 0.6 is 0 Å². The molecule has 1 saturated heterocycles. The highest BCUT2D eigenvalue weighted by molar-refractivity contribution is 5.99. The molecule has 3 N–H and O–H groups in total. The molecule has 4 heterocycles. The first-order valence-corrected chi connectivity index (χ1v) is 13.0. The summed E-state index contributed by atoms with van der Waals surface area (Å²) in [7, 11) is 0. The van der Waals surface area contributed by atoms with E-state index in [1.54, 1.807) is 11.6 Å². The lowest BCUT2D eigenvalue weighted by molar-refractivity contribution is -0.130. The summed E-state index contributed by atoms with van der Waals surface area (Å²) in [4.78, 5) is 32.6. The number of nitrogens with two attached hydrogens (primary N) is 1. The number of anilines is 1. The van der Waals surface area contributed by atoms with E-state index in [0.29, 0.717) is 35.6 Å². The number of amides is 1. The number of fused-ring (bicyclic) bond motifs is 2. The Bertz CT molecular complexity index is 1700. The second-order valence-electron chi connectivity index (χ2n) is 9.68. The van der Waals surface area contributed by atoms with Gasteiger partial charge in [-0.2, -0.15) is 5.10 Å². The third-order valence-electron chi connectivity index (χ3n) is 7.05. The SMILES string of the molecule is CC(=O)N1CCN(CC#CCn2nc(-c3ccc4nc(Cc5ccccc5)[nH]c4c3)c3c(N)ncnc32)CC1. The Morgan fingerprint density at radius 2 is 1.82 bits per heavy atom. The number of nitrogen functional groups attached to an aromatic ring is 1. The average molecular weight is 520 g/mol. The van der Waals surface area contributed by atoms with E-state index in [1.807, 2.05) is 41.3 Å². The molecular weight excluding hydrogens is 490 g/mol. The third-order valence-corrected chi connectivity index (χ3v) is 7.05. The van der Waals surface area contributed by atoms with Gasteiger partial charge in [0.25, 0.3) is 0 Å². The smallest absolute Gasteiger partial charge is 0.219 e. The quantitative estimate of drug-likeness (QED) is 0.343. The summed E-state index contributed by atoms with van der Waals surface area (Å²) in [5.74, 6) is 7.89. The molecule has 10 nitrogen and oxygen atoms in total. The number of nitrogens with one attached hydrogen (secondary N) is 1. The summed E-state index contributed by atoms with van der Waals surface area (Å²) in [5.41, 5.74) is 11.6. The molecule has 1 aliphatic heterocycles. The van der Waals surface area contributed by atoms with Crippen molar-refractivity contribution in [1.82, 2.24) is 39.5 Å². The minimum absolute atomic E-state index is 0.127. The van der Waals surface area contributed by atoms with Crippen LogP contribution in [-0.4, -0.2) is 78.1 Å². The highest BCUT2D eigenvalue weighted by Crippen LogP contribution is 2.31. The van der Waals surface area contributed by atoms with Crippen LogP contribution in [0.3, 0.4) is 0 Å². The molecule has 1 aliphatic rings. The topological polar surface area (TPSA) is 122 Å². The summed E-state index contributed by atoms with van der Waals surface area (Å²) >= 11 is 0. The fourth-order valence-corrected chi connectivity index (χ4v) is 4.94. The molecule has 3 aromatic heterocycles. The highest BCUT2D eigenvalue weighted by atomic mass is 16.2. The first-order chi connectivity index (χ1) is 19.0. The molecule has 0 unspecified atom stereocenters. The molecule has 1 amide bonds. The number of hydrogen-bond acceptors (Lipinski definition) is 7. The summed E-state index contributed by atoms with van der Waals surface area (Å²) < 4.78 is 1.78. The number of H-pyrrole nitrogens is 1. The van der Waals surface area contributed by atoms with Gasteiger partial charge in [-0.05, 0) is 17.7 Å². The maximum atomic E-state index is 11.5. The van der Waals surface area contributed by atoms with Crippen molar-refractivity contribution in [3.8, 4) is 23.1 Å². The van der Waals surface area contributed by atoms with Crippen LogP contribution in [0.2, 0.25) is 0 Å². The molecular formula is C29H29N9O. The van der Waals surface area contributed by atoms with Gasteiger partial charge in [0.1, 0.15) is 30.2 Å². The lowest BCUT2D eigenvalue weighted by Gasteiger charge is -2.32. The van der Waals surface area contributed by atoms with Gasteiger partial charge in [-0.1, -0.05) is 48.2 Å². The van der Waals surface area contributed by atoms with Gasteiger partial charge in [-0.25, -0.2) is 19.6 Å². The Hall–Kier alpha value is -4.75. The predicted octanol–water partition coefficient (Wildman–Crippen LogP) is 2.71. The number of nitrogens with zero attached hydrogens (tertiary/aromatic N) is 7. The second-order valence-corrected chi connectivity index (χ2v) is 9.68. The summed E-state index contributed by atoms with van der Waals surface area (Å²) in [5, 5.41) is 5.57. The second kappa shape index (κ2) is 10.6. The Morgan fingerprint density at radius 3 is 2.62 bits per heavy atom. The van der Waals surface area contributed by atoms with Crippen LogP contribution in [-0.2, 0) is 17.8 Å².